The summed E-state index contributed by atoms with van der Waals surface area (Å²) in [6.07, 6.45) is 0. The molecule has 2 rings (SSSR count). The van der Waals surface area contributed by atoms with Crippen molar-refractivity contribution in [3.63, 3.8) is 0 Å². The monoisotopic (exact) mass is 817 g/mol. The van der Waals surface area contributed by atoms with Crippen LogP contribution < -0.4 is 10.2 Å². The maximum Gasteiger partial charge on any atom is 0.158 e. The zero-order valence-corrected chi connectivity index (χ0v) is 23.7. The molecule has 0 saturated carbocycles. The molecule has 0 aliphatic heterocycles. The minimum Gasteiger partial charge on any atom is -0.453 e. The van der Waals surface area contributed by atoms with Crippen molar-refractivity contribution in [3.05, 3.63) is 41.3 Å². The van der Waals surface area contributed by atoms with Crippen molar-refractivity contribution in [1.82, 2.24) is 0 Å². The Bertz CT molecular complexity index is 695. The topological polar surface area (TPSA) is 9.23 Å². The average molecular weight is 825 g/mol. The first-order valence-electron chi connectivity index (χ1n) is 5.71. The highest BCUT2D eigenvalue weighted by molar-refractivity contribution is 9.15. The van der Waals surface area contributed by atoms with E-state index in [1.54, 1.807) is 0 Å². The molecule has 0 N–H and O–H groups in total. The van der Waals surface area contributed by atoms with Crippen LogP contribution in [0, 0.1) is 6.92 Å². The van der Waals surface area contributed by atoms with Crippen LogP contribution in [0.5, 0.6) is 11.5 Å². The van der Waals surface area contributed by atoms with Gasteiger partial charge in [0.05, 0.1) is 17.9 Å². The smallest absolute Gasteiger partial charge is 0.158 e. The number of benzene rings is 2. The molecule has 0 saturated heterocycles. The van der Waals surface area contributed by atoms with E-state index in [0.717, 1.165) is 23.5 Å². The molecule has 0 aromatic heterocycles. The van der Waals surface area contributed by atoms with E-state index in [4.69, 9.17) is 12.6 Å². The second kappa shape index (κ2) is 8.44. The fourth-order valence-corrected chi connectivity index (χ4v) is 6.30. The molecule has 0 aliphatic carbocycles. The lowest BCUT2D eigenvalue weighted by molar-refractivity contribution is 0.468. The van der Waals surface area contributed by atoms with E-state index >= 15 is 0 Å². The summed E-state index contributed by atoms with van der Waals surface area (Å²) in [5.74, 6) is 1.28. The van der Waals surface area contributed by atoms with Gasteiger partial charge < -0.3 is 4.74 Å². The summed E-state index contributed by atoms with van der Waals surface area (Å²) >= 11 is 28.2. The molecule has 120 valence electrons. The molecule has 0 bridgehead atoms. The van der Waals surface area contributed by atoms with Gasteiger partial charge in [0.2, 0.25) is 0 Å². The Hall–Kier alpha value is 2.14. The Balaban J connectivity index is 2.71. The number of ether oxygens (including phenoxy) is 1. The molecule has 0 atom stereocenters. The molecule has 0 spiro atoms. The van der Waals surface area contributed by atoms with Gasteiger partial charge in [-0.15, -0.1) is 0 Å². The second-order valence-electron chi connectivity index (χ2n) is 4.31. The standard InChI is InChI=1S/C13H3BBr8O/c1-2-4(15)7(18)8(19)11(22)12(2)23-13-9(20)5(16)3(14)6(17)10(13)21/h1H3. The molecule has 0 amide bonds. The molecule has 0 heterocycles. The van der Waals surface area contributed by atoms with Gasteiger partial charge in [-0.2, -0.15) is 0 Å². The van der Waals surface area contributed by atoms with Crippen molar-refractivity contribution in [2.24, 2.45) is 0 Å². The molecule has 2 radical (unpaired) electrons. The molecule has 10 heteroatoms. The fraction of sp³-hybridized carbons (Fsp3) is 0.0769. The molecule has 23 heavy (non-hydrogen) atoms. The van der Waals surface area contributed by atoms with Crippen LogP contribution >= 0.6 is 127 Å². The molecular formula is C13H3BBr8O. The van der Waals surface area contributed by atoms with E-state index in [1.165, 1.54) is 0 Å². The van der Waals surface area contributed by atoms with Crippen LogP contribution in [0.3, 0.4) is 0 Å². The lowest BCUT2D eigenvalue weighted by atomic mass is 9.96. The van der Waals surface area contributed by atoms with Crippen molar-refractivity contribution >= 4 is 141 Å². The lowest BCUT2D eigenvalue weighted by Crippen LogP contribution is -2.09. The van der Waals surface area contributed by atoms with Gasteiger partial charge in [0, 0.05) is 23.5 Å². The highest BCUT2D eigenvalue weighted by Gasteiger charge is 2.23. The largest absolute Gasteiger partial charge is 0.453 e. The van der Waals surface area contributed by atoms with E-state index in [0.29, 0.717) is 34.9 Å². The zero-order chi connectivity index (χ0) is 17.6. The number of halogens is 8. The third kappa shape index (κ3) is 4.04. The minimum atomic E-state index is 0.574. The van der Waals surface area contributed by atoms with E-state index < -0.39 is 0 Å². The van der Waals surface area contributed by atoms with Crippen molar-refractivity contribution in [2.45, 2.75) is 6.92 Å². The lowest BCUT2D eigenvalue weighted by Gasteiger charge is -2.19. The van der Waals surface area contributed by atoms with Gasteiger partial charge in [0.25, 0.3) is 0 Å². The Morgan fingerprint density at radius 1 is 0.565 bits per heavy atom. The predicted molar refractivity (Wildman–Crippen MR) is 125 cm³/mol. The Morgan fingerprint density at radius 3 is 1.43 bits per heavy atom. The first kappa shape index (κ1) is 21.4. The zero-order valence-electron chi connectivity index (χ0n) is 11.0. The minimum absolute atomic E-state index is 0.574. The summed E-state index contributed by atoms with van der Waals surface area (Å²) in [4.78, 5) is 0. The van der Waals surface area contributed by atoms with Crippen LogP contribution in [-0.4, -0.2) is 7.85 Å². The van der Waals surface area contributed by atoms with Gasteiger partial charge in [-0.3, -0.25) is 0 Å². The molecule has 2 aromatic rings. The Kier molecular flexibility index (Phi) is 7.87. The summed E-state index contributed by atoms with van der Waals surface area (Å²) in [5.41, 5.74) is 1.51. The average Bonchev–Trinajstić information content (AvgIpc) is 2.54. The summed E-state index contributed by atoms with van der Waals surface area (Å²) in [6.45, 7) is 1.96. The second-order valence-corrected chi connectivity index (χ2v) is 10.7. The van der Waals surface area contributed by atoms with Crippen LogP contribution in [0.2, 0.25) is 0 Å². The van der Waals surface area contributed by atoms with E-state index in [1.807, 2.05) is 6.92 Å². The molecule has 0 fully saturated rings. The van der Waals surface area contributed by atoms with Crippen molar-refractivity contribution in [1.29, 1.82) is 0 Å². The number of rotatable bonds is 2. The number of hydrogen-bond donors (Lipinski definition) is 0. The van der Waals surface area contributed by atoms with E-state index in [2.05, 4.69) is 127 Å². The molecule has 0 aliphatic rings. The molecular weight excluding hydrogens is 822 g/mol. The van der Waals surface area contributed by atoms with Crippen molar-refractivity contribution in [3.8, 4) is 11.5 Å². The third-order valence-electron chi connectivity index (χ3n) is 2.91. The van der Waals surface area contributed by atoms with Gasteiger partial charge in [0.15, 0.2) is 5.75 Å². The van der Waals surface area contributed by atoms with Crippen LogP contribution in [0.15, 0.2) is 35.8 Å². The van der Waals surface area contributed by atoms with Gasteiger partial charge in [0.1, 0.15) is 13.6 Å². The summed E-state index contributed by atoms with van der Waals surface area (Å²) in [5, 5.41) is 0. The molecule has 2 aromatic carbocycles. The first-order valence-corrected chi connectivity index (χ1v) is 12.1. The Labute approximate surface area is 202 Å². The first-order chi connectivity index (χ1) is 10.6. The molecule has 0 unspecified atom stereocenters. The summed E-state index contributed by atoms with van der Waals surface area (Å²) < 4.78 is 12.5. The third-order valence-corrected chi connectivity index (χ3v) is 12.1. The van der Waals surface area contributed by atoms with Gasteiger partial charge in [-0.25, -0.2) is 0 Å². The van der Waals surface area contributed by atoms with Gasteiger partial charge >= 0.3 is 0 Å². The fourth-order valence-electron chi connectivity index (χ4n) is 1.66. The normalized spacial score (nSPS) is 11.0. The van der Waals surface area contributed by atoms with Crippen LogP contribution in [0.25, 0.3) is 0 Å². The highest BCUT2D eigenvalue weighted by Crippen LogP contribution is 2.50. The predicted octanol–water partition coefficient (Wildman–Crippen LogP) is 8.68. The van der Waals surface area contributed by atoms with Crippen LogP contribution in [0.1, 0.15) is 5.56 Å². The summed E-state index contributed by atoms with van der Waals surface area (Å²) in [6, 6.07) is 0. The maximum absolute atomic E-state index is 6.20. The highest BCUT2D eigenvalue weighted by atomic mass is 79.9. The summed E-state index contributed by atoms with van der Waals surface area (Å²) in [7, 11) is 6.03. The number of hydrogen-bond acceptors (Lipinski definition) is 1. The van der Waals surface area contributed by atoms with Crippen LogP contribution in [0.4, 0.5) is 0 Å². The van der Waals surface area contributed by atoms with Crippen molar-refractivity contribution in [2.75, 3.05) is 0 Å². The SMILES string of the molecule is [B]c1c(Br)c(Br)c(Oc2c(C)c(Br)c(Br)c(Br)c2Br)c(Br)c1Br. The van der Waals surface area contributed by atoms with Gasteiger partial charge in [-0.1, -0.05) is 37.3 Å². The van der Waals surface area contributed by atoms with Crippen LogP contribution in [-0.2, 0) is 0 Å². The van der Waals surface area contributed by atoms with E-state index in [-0.39, 0.29) is 0 Å². The quantitative estimate of drug-likeness (QED) is 0.168. The van der Waals surface area contributed by atoms with Crippen molar-refractivity contribution < 1.29 is 4.74 Å². The molecule has 1 nitrogen and oxygen atoms in total. The van der Waals surface area contributed by atoms with E-state index in [9.17, 15) is 0 Å². The van der Waals surface area contributed by atoms with Gasteiger partial charge in [-0.05, 0) is 103 Å². The Morgan fingerprint density at radius 2 is 0.957 bits per heavy atom. The maximum atomic E-state index is 6.20.